The Morgan fingerprint density at radius 2 is 1.53 bits per heavy atom. The van der Waals surface area contributed by atoms with E-state index in [4.69, 9.17) is 0 Å². The van der Waals surface area contributed by atoms with Gasteiger partial charge in [-0.15, -0.1) is 0 Å². The summed E-state index contributed by atoms with van der Waals surface area (Å²) >= 11 is 1.98. The van der Waals surface area contributed by atoms with E-state index in [1.165, 1.54) is 32.6 Å². The van der Waals surface area contributed by atoms with Crippen LogP contribution in [0.15, 0.2) is 41.3 Å². The van der Waals surface area contributed by atoms with Crippen molar-refractivity contribution in [1.29, 1.82) is 0 Å². The predicted octanol–water partition coefficient (Wildman–Crippen LogP) is 3.90. The monoisotopic (exact) mass is 238 g/mol. The maximum absolute atomic E-state index is 2.33. The molecule has 2 aromatic carbocycles. The number of hydrogen-bond acceptors (Lipinski definition) is 1. The molecule has 1 aliphatic heterocycles. The predicted molar refractivity (Wildman–Crippen MR) is 78.5 cm³/mol. The quantitative estimate of drug-likeness (QED) is 0.627. The first kappa shape index (κ1) is 11.0. The SMILES string of the molecule is CB1Sc2cc(C)ccc2-c2ccc(C)cc21. The van der Waals surface area contributed by atoms with E-state index in [9.17, 15) is 0 Å². The van der Waals surface area contributed by atoms with Crippen molar-refractivity contribution in [3.63, 3.8) is 0 Å². The number of aryl methyl sites for hydroxylation is 2. The number of benzene rings is 2. The van der Waals surface area contributed by atoms with E-state index in [0.29, 0.717) is 5.99 Å². The highest BCUT2D eigenvalue weighted by Crippen LogP contribution is 2.37. The van der Waals surface area contributed by atoms with Gasteiger partial charge in [-0.05, 0) is 31.0 Å². The molecule has 3 rings (SSSR count). The topological polar surface area (TPSA) is 0 Å². The molecule has 84 valence electrons. The molecule has 0 aliphatic carbocycles. The van der Waals surface area contributed by atoms with Crippen LogP contribution in [0.4, 0.5) is 0 Å². The highest BCUT2D eigenvalue weighted by Gasteiger charge is 2.24. The molecule has 17 heavy (non-hydrogen) atoms. The van der Waals surface area contributed by atoms with Crippen molar-refractivity contribution in [1.82, 2.24) is 0 Å². The third kappa shape index (κ3) is 1.81. The van der Waals surface area contributed by atoms with E-state index in [-0.39, 0.29) is 0 Å². The Kier molecular flexibility index (Phi) is 2.55. The molecule has 0 radical (unpaired) electrons. The number of rotatable bonds is 0. The minimum atomic E-state index is 0.555. The Bertz CT molecular complexity index is 589. The largest absolute Gasteiger partial charge is 0.245 e. The van der Waals surface area contributed by atoms with E-state index in [1.54, 1.807) is 0 Å². The van der Waals surface area contributed by atoms with Crippen LogP contribution < -0.4 is 5.46 Å². The fraction of sp³-hybridized carbons (Fsp3) is 0.200. The maximum atomic E-state index is 2.33. The van der Waals surface area contributed by atoms with Crippen LogP contribution in [0.2, 0.25) is 6.82 Å². The maximum Gasteiger partial charge on any atom is 0.245 e. The van der Waals surface area contributed by atoms with Gasteiger partial charge in [-0.3, -0.25) is 0 Å². The van der Waals surface area contributed by atoms with Crippen LogP contribution in [-0.2, 0) is 0 Å². The Balaban J connectivity index is 2.26. The summed E-state index contributed by atoms with van der Waals surface area (Å²) in [5, 5.41) is 0. The normalized spacial score (nSPS) is 13.2. The Morgan fingerprint density at radius 1 is 0.882 bits per heavy atom. The molecule has 0 amide bonds. The zero-order valence-electron chi connectivity index (χ0n) is 10.4. The fourth-order valence-corrected chi connectivity index (χ4v) is 3.73. The molecule has 0 aromatic heterocycles. The van der Waals surface area contributed by atoms with Crippen molar-refractivity contribution in [3.8, 4) is 11.1 Å². The van der Waals surface area contributed by atoms with Crippen molar-refractivity contribution in [2.75, 3.05) is 0 Å². The lowest BCUT2D eigenvalue weighted by Crippen LogP contribution is -2.28. The second-order valence-corrected chi connectivity index (χ2v) is 6.23. The van der Waals surface area contributed by atoms with Gasteiger partial charge in [-0.25, -0.2) is 0 Å². The van der Waals surface area contributed by atoms with Crippen LogP contribution in [0.1, 0.15) is 11.1 Å². The summed E-state index contributed by atoms with van der Waals surface area (Å²) in [5.41, 5.74) is 6.99. The van der Waals surface area contributed by atoms with Crippen molar-refractivity contribution < 1.29 is 0 Å². The second-order valence-electron chi connectivity index (χ2n) is 4.85. The zero-order chi connectivity index (χ0) is 12.0. The van der Waals surface area contributed by atoms with Crippen LogP contribution in [0, 0.1) is 13.8 Å². The first-order chi connectivity index (χ1) is 8.15. The van der Waals surface area contributed by atoms with Crippen LogP contribution >= 0.6 is 11.6 Å². The van der Waals surface area contributed by atoms with E-state index in [2.05, 4.69) is 57.1 Å². The Labute approximate surface area is 107 Å². The van der Waals surface area contributed by atoms with Crippen LogP contribution in [0.5, 0.6) is 0 Å². The fourth-order valence-electron chi connectivity index (χ4n) is 2.47. The van der Waals surface area contributed by atoms with Crippen molar-refractivity contribution >= 4 is 23.1 Å². The zero-order valence-corrected chi connectivity index (χ0v) is 11.3. The van der Waals surface area contributed by atoms with Crippen LogP contribution in [0.3, 0.4) is 0 Å². The average Bonchev–Trinajstić information content (AvgIpc) is 2.29. The minimum Gasteiger partial charge on any atom is -0.169 e. The number of fused-ring (bicyclic) bond motifs is 3. The highest BCUT2D eigenvalue weighted by atomic mass is 32.2. The van der Waals surface area contributed by atoms with Gasteiger partial charge in [0.25, 0.3) is 0 Å². The molecule has 0 saturated heterocycles. The van der Waals surface area contributed by atoms with Gasteiger partial charge < -0.3 is 0 Å². The molecule has 0 saturated carbocycles. The lowest BCUT2D eigenvalue weighted by Gasteiger charge is -2.24. The lowest BCUT2D eigenvalue weighted by molar-refractivity contribution is 1.36. The van der Waals surface area contributed by atoms with Crippen molar-refractivity contribution in [2.45, 2.75) is 25.6 Å². The summed E-state index contributed by atoms with van der Waals surface area (Å²) in [7, 11) is 0. The van der Waals surface area contributed by atoms with Crippen LogP contribution in [-0.4, -0.2) is 5.99 Å². The molecule has 0 N–H and O–H groups in total. The molecule has 0 atom stereocenters. The second kappa shape index (κ2) is 3.95. The standard InChI is InChI=1S/C15H15BS/c1-10-4-6-12-13-7-5-11(2)9-15(13)17-16(3)14(12)8-10/h4-9H,1-3H3. The van der Waals surface area contributed by atoms with Gasteiger partial charge in [0.05, 0.1) is 0 Å². The molecule has 1 heterocycles. The van der Waals surface area contributed by atoms with Gasteiger partial charge in [0.15, 0.2) is 0 Å². The number of hydrogen-bond donors (Lipinski definition) is 0. The van der Waals surface area contributed by atoms with Crippen molar-refractivity contribution in [2.24, 2.45) is 0 Å². The summed E-state index contributed by atoms with van der Waals surface area (Å²) in [4.78, 5) is 1.42. The minimum absolute atomic E-state index is 0.555. The van der Waals surface area contributed by atoms with Gasteiger partial charge in [-0.1, -0.05) is 53.7 Å². The van der Waals surface area contributed by atoms with Gasteiger partial charge in [-0.2, -0.15) is 11.6 Å². The van der Waals surface area contributed by atoms with E-state index in [1.807, 2.05) is 11.6 Å². The van der Waals surface area contributed by atoms with E-state index >= 15 is 0 Å². The summed E-state index contributed by atoms with van der Waals surface area (Å²) in [6.07, 6.45) is 0. The van der Waals surface area contributed by atoms with Gasteiger partial charge in [0, 0.05) is 4.90 Å². The molecule has 0 fully saturated rings. The molecule has 0 unspecified atom stereocenters. The van der Waals surface area contributed by atoms with Gasteiger partial charge in [0.1, 0.15) is 0 Å². The lowest BCUT2D eigenvalue weighted by atomic mass is 9.66. The summed E-state index contributed by atoms with van der Waals surface area (Å²) in [6.45, 7) is 6.63. The van der Waals surface area contributed by atoms with Crippen molar-refractivity contribution in [3.05, 3.63) is 47.5 Å². The molecule has 0 spiro atoms. The molecular formula is C15H15BS. The molecule has 0 bridgehead atoms. The molecule has 2 aromatic rings. The first-order valence-electron chi connectivity index (χ1n) is 6.03. The highest BCUT2D eigenvalue weighted by molar-refractivity contribution is 8.27. The smallest absolute Gasteiger partial charge is 0.169 e. The third-order valence-electron chi connectivity index (χ3n) is 3.38. The average molecular weight is 238 g/mol. The molecular weight excluding hydrogens is 223 g/mol. The Hall–Kier alpha value is -1.15. The molecule has 1 aliphatic rings. The Morgan fingerprint density at radius 3 is 2.29 bits per heavy atom. The molecule has 2 heteroatoms. The van der Waals surface area contributed by atoms with E-state index in [0.717, 1.165) is 0 Å². The third-order valence-corrected chi connectivity index (χ3v) is 4.58. The summed E-state index contributed by atoms with van der Waals surface area (Å²) in [6, 6.07) is 13.6. The first-order valence-corrected chi connectivity index (χ1v) is 6.91. The van der Waals surface area contributed by atoms with Gasteiger partial charge in [0.2, 0.25) is 5.99 Å². The molecule has 0 nitrogen and oxygen atoms in total. The van der Waals surface area contributed by atoms with E-state index < -0.39 is 0 Å². The summed E-state index contributed by atoms with van der Waals surface area (Å²) < 4.78 is 0. The summed E-state index contributed by atoms with van der Waals surface area (Å²) in [5.74, 6) is 0.555. The van der Waals surface area contributed by atoms with Crippen LogP contribution in [0.25, 0.3) is 11.1 Å². The van der Waals surface area contributed by atoms with Gasteiger partial charge >= 0.3 is 0 Å².